The molecule has 1 aromatic carbocycles. The molecule has 1 aliphatic rings. The molecule has 0 aliphatic carbocycles. The lowest BCUT2D eigenvalue weighted by Crippen LogP contribution is -2.50. The molecule has 32 heavy (non-hydrogen) atoms. The number of nitrogens with zero attached hydrogens (tertiary/aromatic N) is 6. The van der Waals surface area contributed by atoms with Gasteiger partial charge in [-0.2, -0.15) is 10.2 Å². The first kappa shape index (κ1) is 20.4. The summed E-state index contributed by atoms with van der Waals surface area (Å²) in [6.07, 6.45) is 7.74. The third kappa shape index (κ3) is 4.13. The number of hydrogen-bond acceptors (Lipinski definition) is 5. The van der Waals surface area contributed by atoms with Crippen LogP contribution in [0.1, 0.15) is 0 Å². The molecule has 164 valence electrons. The Bertz CT molecular complexity index is 1240. The van der Waals surface area contributed by atoms with Gasteiger partial charge in [-0.25, -0.2) is 4.52 Å². The molecule has 1 aliphatic heterocycles. The number of aromatic nitrogens is 4. The zero-order valence-corrected chi connectivity index (χ0v) is 18.4. The van der Waals surface area contributed by atoms with Gasteiger partial charge in [-0.3, -0.25) is 9.48 Å². The second kappa shape index (κ2) is 8.55. The fourth-order valence-electron chi connectivity index (χ4n) is 3.92. The lowest BCUT2D eigenvalue weighted by Gasteiger charge is -2.35. The fraction of sp³-hybridized carbons (Fsp3) is 0.261. The van der Waals surface area contributed by atoms with Crippen LogP contribution in [0, 0.1) is 0 Å². The van der Waals surface area contributed by atoms with Gasteiger partial charge in [0.05, 0.1) is 23.6 Å². The molecule has 3 aromatic heterocycles. The molecule has 0 spiro atoms. The van der Waals surface area contributed by atoms with Crippen LogP contribution in [0.3, 0.4) is 0 Å². The minimum Gasteiger partial charge on any atom is -0.484 e. The first-order chi connectivity index (χ1) is 15.6. The smallest absolute Gasteiger partial charge is 0.260 e. The Labute approximate surface area is 190 Å². The summed E-state index contributed by atoms with van der Waals surface area (Å²) in [5, 5.41) is 9.43. The molecule has 1 amide bonds. The Balaban J connectivity index is 1.21. The maximum Gasteiger partial charge on any atom is 0.260 e. The monoisotopic (exact) mass is 450 g/mol. The van der Waals surface area contributed by atoms with Crippen LogP contribution in [0.25, 0.3) is 16.6 Å². The molecule has 9 heteroatoms. The quantitative estimate of drug-likeness (QED) is 0.467. The molecular weight excluding hydrogens is 428 g/mol. The van der Waals surface area contributed by atoms with E-state index in [0.29, 0.717) is 23.9 Å². The molecule has 0 radical (unpaired) electrons. The molecule has 4 heterocycles. The van der Waals surface area contributed by atoms with Gasteiger partial charge < -0.3 is 14.5 Å². The topological polar surface area (TPSA) is 67.9 Å². The summed E-state index contributed by atoms with van der Waals surface area (Å²) in [5.74, 6) is 0.624. The van der Waals surface area contributed by atoms with E-state index >= 15 is 0 Å². The highest BCUT2D eigenvalue weighted by molar-refractivity contribution is 6.30. The predicted molar refractivity (Wildman–Crippen MR) is 123 cm³/mol. The van der Waals surface area contributed by atoms with Crippen LogP contribution >= 0.6 is 11.6 Å². The number of carbonyl (C=O) groups excluding carboxylic acids is 1. The summed E-state index contributed by atoms with van der Waals surface area (Å²) < 4.78 is 9.28. The van der Waals surface area contributed by atoms with Crippen molar-refractivity contribution in [2.45, 2.75) is 0 Å². The third-order valence-corrected chi connectivity index (χ3v) is 5.94. The van der Waals surface area contributed by atoms with Crippen molar-refractivity contribution in [2.75, 3.05) is 37.7 Å². The van der Waals surface area contributed by atoms with Crippen LogP contribution in [0.2, 0.25) is 5.02 Å². The van der Waals surface area contributed by atoms with E-state index in [2.05, 4.69) is 27.2 Å². The van der Waals surface area contributed by atoms with Gasteiger partial charge in [0.25, 0.3) is 5.91 Å². The highest BCUT2D eigenvalue weighted by atomic mass is 35.5. The average Bonchev–Trinajstić information content (AvgIpc) is 3.44. The number of rotatable bonds is 5. The van der Waals surface area contributed by atoms with Gasteiger partial charge in [0.2, 0.25) is 0 Å². The van der Waals surface area contributed by atoms with E-state index < -0.39 is 0 Å². The number of amides is 1. The van der Waals surface area contributed by atoms with Crippen molar-refractivity contribution in [3.05, 3.63) is 66.2 Å². The van der Waals surface area contributed by atoms with Crippen molar-refractivity contribution in [3.63, 3.8) is 0 Å². The summed E-state index contributed by atoms with van der Waals surface area (Å²) in [6, 6.07) is 11.2. The number of benzene rings is 1. The molecule has 4 aromatic rings. The van der Waals surface area contributed by atoms with Crippen LogP contribution in [0.15, 0.2) is 61.2 Å². The van der Waals surface area contributed by atoms with Gasteiger partial charge in [0, 0.05) is 61.8 Å². The number of anilines is 1. The lowest BCUT2D eigenvalue weighted by molar-refractivity contribution is -0.133. The number of pyridine rings is 1. The summed E-state index contributed by atoms with van der Waals surface area (Å²) in [4.78, 5) is 16.7. The Morgan fingerprint density at radius 1 is 0.969 bits per heavy atom. The average molecular weight is 451 g/mol. The van der Waals surface area contributed by atoms with E-state index in [-0.39, 0.29) is 12.5 Å². The first-order valence-electron chi connectivity index (χ1n) is 10.4. The molecule has 0 N–H and O–H groups in total. The summed E-state index contributed by atoms with van der Waals surface area (Å²) in [6.45, 7) is 2.81. The third-order valence-electron chi connectivity index (χ3n) is 5.68. The number of fused-ring (bicyclic) bond motifs is 1. The first-order valence-corrected chi connectivity index (χ1v) is 10.8. The van der Waals surface area contributed by atoms with Crippen molar-refractivity contribution >= 4 is 28.7 Å². The van der Waals surface area contributed by atoms with Crippen molar-refractivity contribution < 1.29 is 9.53 Å². The van der Waals surface area contributed by atoms with Crippen LogP contribution in [0.4, 0.5) is 5.69 Å². The van der Waals surface area contributed by atoms with Gasteiger partial charge in [-0.1, -0.05) is 17.7 Å². The van der Waals surface area contributed by atoms with Gasteiger partial charge in [0.1, 0.15) is 5.75 Å². The number of ether oxygens (including phenoxy) is 1. The van der Waals surface area contributed by atoms with E-state index in [1.54, 1.807) is 28.9 Å². The molecule has 1 fully saturated rings. The lowest BCUT2D eigenvalue weighted by atomic mass is 10.1. The summed E-state index contributed by atoms with van der Waals surface area (Å²) in [7, 11) is 1.91. The molecule has 0 atom stereocenters. The Morgan fingerprint density at radius 2 is 1.75 bits per heavy atom. The van der Waals surface area contributed by atoms with Crippen LogP contribution in [-0.2, 0) is 11.8 Å². The van der Waals surface area contributed by atoms with Gasteiger partial charge in [-0.15, -0.1) is 0 Å². The number of hydrogen-bond donors (Lipinski definition) is 0. The van der Waals surface area contributed by atoms with Crippen LogP contribution in [-0.4, -0.2) is 63.0 Å². The molecule has 0 bridgehead atoms. The standard InChI is InChI=1S/C23H23ClN6O2/c1-27-14-18(12-25-27)17-2-7-21-22(13-26-30(21)15-17)28-8-10-29(11-9-28)23(31)16-32-20-5-3-19(24)4-6-20/h2-7,12-15H,8-11,16H2,1H3. The summed E-state index contributed by atoms with van der Waals surface area (Å²) in [5.41, 5.74) is 4.24. The maximum absolute atomic E-state index is 12.6. The van der Waals surface area contributed by atoms with Crippen molar-refractivity contribution in [3.8, 4) is 16.9 Å². The maximum atomic E-state index is 12.6. The Kier molecular flexibility index (Phi) is 5.45. The highest BCUT2D eigenvalue weighted by Crippen LogP contribution is 2.26. The minimum absolute atomic E-state index is 0.0134. The van der Waals surface area contributed by atoms with Gasteiger partial charge in [0.15, 0.2) is 6.61 Å². The minimum atomic E-state index is -0.0134. The second-order valence-corrected chi connectivity index (χ2v) is 8.23. The zero-order chi connectivity index (χ0) is 22.1. The van der Waals surface area contributed by atoms with Crippen LogP contribution in [0.5, 0.6) is 5.75 Å². The van der Waals surface area contributed by atoms with E-state index in [1.807, 2.05) is 41.3 Å². The van der Waals surface area contributed by atoms with Crippen molar-refractivity contribution in [2.24, 2.45) is 7.05 Å². The van der Waals surface area contributed by atoms with E-state index in [4.69, 9.17) is 16.3 Å². The molecular formula is C23H23ClN6O2. The fourth-order valence-corrected chi connectivity index (χ4v) is 4.05. The second-order valence-electron chi connectivity index (χ2n) is 7.79. The summed E-state index contributed by atoms with van der Waals surface area (Å²) >= 11 is 5.88. The SMILES string of the molecule is Cn1cc(-c2ccc3c(N4CCN(C(=O)COc5ccc(Cl)cc5)CC4)cnn3c2)cn1. The number of halogens is 1. The number of piperazine rings is 1. The largest absolute Gasteiger partial charge is 0.484 e. The number of aryl methyl sites for hydroxylation is 1. The van der Waals surface area contributed by atoms with Crippen molar-refractivity contribution in [1.82, 2.24) is 24.3 Å². The molecule has 8 nitrogen and oxygen atoms in total. The predicted octanol–water partition coefficient (Wildman–Crippen LogP) is 3.12. The van der Waals surface area contributed by atoms with Crippen molar-refractivity contribution in [1.29, 1.82) is 0 Å². The normalized spacial score (nSPS) is 14.2. The molecule has 0 saturated carbocycles. The van der Waals surface area contributed by atoms with Gasteiger partial charge in [-0.05, 0) is 30.3 Å². The molecule has 0 unspecified atom stereocenters. The van der Waals surface area contributed by atoms with E-state index in [0.717, 1.165) is 35.4 Å². The number of carbonyl (C=O) groups is 1. The van der Waals surface area contributed by atoms with E-state index in [9.17, 15) is 4.79 Å². The molecule has 1 saturated heterocycles. The van der Waals surface area contributed by atoms with Gasteiger partial charge >= 0.3 is 0 Å². The van der Waals surface area contributed by atoms with Crippen LogP contribution < -0.4 is 9.64 Å². The highest BCUT2D eigenvalue weighted by Gasteiger charge is 2.23. The zero-order valence-electron chi connectivity index (χ0n) is 17.7. The molecule has 5 rings (SSSR count). The Morgan fingerprint density at radius 3 is 2.47 bits per heavy atom. The Hall–Kier alpha value is -3.52. The van der Waals surface area contributed by atoms with E-state index in [1.165, 1.54) is 0 Å².